The highest BCUT2D eigenvalue weighted by Gasteiger charge is 2.52. The molecule has 2 aromatic rings. The van der Waals surface area contributed by atoms with Gasteiger partial charge in [0, 0.05) is 24.8 Å². The number of nitrogens with zero attached hydrogens (tertiary/aromatic N) is 2. The molecular formula is C22H26N2O3. The Morgan fingerprint density at radius 1 is 1.22 bits per heavy atom. The minimum atomic E-state index is -0.383. The zero-order valence-electron chi connectivity index (χ0n) is 16.0. The summed E-state index contributed by atoms with van der Waals surface area (Å²) in [6.45, 7) is 4.97. The molecule has 1 aromatic carbocycles. The lowest BCUT2D eigenvalue weighted by molar-refractivity contribution is -0.146. The van der Waals surface area contributed by atoms with Crippen LogP contribution in [0.3, 0.4) is 0 Å². The summed E-state index contributed by atoms with van der Waals surface area (Å²) in [4.78, 5) is 0. The molecule has 1 atom stereocenters. The fourth-order valence-corrected chi connectivity index (χ4v) is 4.67. The number of furan rings is 1. The van der Waals surface area contributed by atoms with Crippen LogP contribution in [0.5, 0.6) is 11.5 Å². The summed E-state index contributed by atoms with van der Waals surface area (Å²) < 4.78 is 18.3. The molecule has 3 aliphatic rings. The van der Waals surface area contributed by atoms with Crippen molar-refractivity contribution in [1.82, 2.24) is 5.01 Å². The van der Waals surface area contributed by atoms with Crippen molar-refractivity contribution in [3.05, 3.63) is 47.9 Å². The number of ether oxygens (including phenoxy) is 2. The van der Waals surface area contributed by atoms with Crippen molar-refractivity contribution in [3.8, 4) is 11.5 Å². The van der Waals surface area contributed by atoms with Crippen molar-refractivity contribution < 1.29 is 13.9 Å². The van der Waals surface area contributed by atoms with Crippen LogP contribution in [0.25, 0.3) is 0 Å². The Bertz CT molecular complexity index is 850. The minimum Gasteiger partial charge on any atom is -0.490 e. The average molecular weight is 366 g/mol. The third-order valence-corrected chi connectivity index (χ3v) is 6.15. The molecule has 1 saturated carbocycles. The molecule has 0 radical (unpaired) electrons. The van der Waals surface area contributed by atoms with Crippen LogP contribution in [0.15, 0.2) is 46.1 Å². The zero-order valence-corrected chi connectivity index (χ0v) is 16.0. The van der Waals surface area contributed by atoms with E-state index in [2.05, 4.69) is 24.1 Å². The maximum atomic E-state index is 6.74. The SMILES string of the molecule is CCOc1cccc2c1OC1(CCC(C)CC1)N1N=C(c3ccco3)CC21. The third kappa shape index (κ3) is 2.63. The number of hydrogen-bond donors (Lipinski definition) is 0. The second-order valence-electron chi connectivity index (χ2n) is 7.93. The van der Waals surface area contributed by atoms with Crippen LogP contribution in [-0.4, -0.2) is 23.1 Å². The molecule has 0 N–H and O–H groups in total. The van der Waals surface area contributed by atoms with Crippen molar-refractivity contribution in [2.24, 2.45) is 11.0 Å². The quantitative estimate of drug-likeness (QED) is 0.756. The van der Waals surface area contributed by atoms with Crippen LogP contribution in [-0.2, 0) is 0 Å². The summed E-state index contributed by atoms with van der Waals surface area (Å²) >= 11 is 0. The number of benzene rings is 1. The van der Waals surface area contributed by atoms with E-state index in [0.29, 0.717) is 6.61 Å². The number of para-hydroxylation sites is 1. The molecule has 5 nitrogen and oxygen atoms in total. The summed E-state index contributed by atoms with van der Waals surface area (Å²) in [5, 5.41) is 7.25. The Kier molecular flexibility index (Phi) is 3.92. The van der Waals surface area contributed by atoms with E-state index in [-0.39, 0.29) is 11.8 Å². The largest absolute Gasteiger partial charge is 0.490 e. The van der Waals surface area contributed by atoms with Crippen LogP contribution in [0.1, 0.15) is 63.3 Å². The van der Waals surface area contributed by atoms with Crippen LogP contribution < -0.4 is 9.47 Å². The molecule has 27 heavy (non-hydrogen) atoms. The van der Waals surface area contributed by atoms with E-state index in [4.69, 9.17) is 19.0 Å². The van der Waals surface area contributed by atoms with Crippen LogP contribution in [0.4, 0.5) is 0 Å². The Labute approximate surface area is 159 Å². The van der Waals surface area contributed by atoms with Gasteiger partial charge in [0.1, 0.15) is 11.5 Å². The van der Waals surface area contributed by atoms with Gasteiger partial charge in [0.05, 0.1) is 18.9 Å². The monoisotopic (exact) mass is 366 g/mol. The first kappa shape index (κ1) is 16.7. The highest BCUT2D eigenvalue weighted by atomic mass is 16.6. The van der Waals surface area contributed by atoms with Crippen molar-refractivity contribution in [2.75, 3.05) is 6.61 Å². The standard InChI is InChI=1S/C22H26N2O3/c1-3-25-20-7-4-6-16-18-14-17(19-8-5-13-26-19)23-24(18)22(27-21(16)20)11-9-15(2)10-12-22/h4-8,13,15,18H,3,9-12,14H2,1-2H3. The molecule has 0 amide bonds. The van der Waals surface area contributed by atoms with E-state index in [1.54, 1.807) is 6.26 Å². The predicted molar refractivity (Wildman–Crippen MR) is 103 cm³/mol. The molecule has 3 heterocycles. The average Bonchev–Trinajstić information content (AvgIpc) is 3.35. The Morgan fingerprint density at radius 3 is 2.81 bits per heavy atom. The van der Waals surface area contributed by atoms with Crippen LogP contribution in [0.2, 0.25) is 0 Å². The molecule has 0 bridgehead atoms. The zero-order chi connectivity index (χ0) is 18.4. The summed E-state index contributed by atoms with van der Waals surface area (Å²) in [6, 6.07) is 10.3. The van der Waals surface area contributed by atoms with Gasteiger partial charge >= 0.3 is 0 Å². The first-order valence-corrected chi connectivity index (χ1v) is 10.1. The van der Waals surface area contributed by atoms with Gasteiger partial charge in [0.25, 0.3) is 0 Å². The fraction of sp³-hybridized carbons (Fsp3) is 0.500. The Morgan fingerprint density at radius 2 is 2.07 bits per heavy atom. The smallest absolute Gasteiger partial charge is 0.198 e. The second-order valence-corrected chi connectivity index (χ2v) is 7.93. The molecule has 1 fully saturated rings. The number of hydrazone groups is 1. The molecule has 0 saturated heterocycles. The van der Waals surface area contributed by atoms with Gasteiger partial charge in [-0.1, -0.05) is 19.1 Å². The normalized spacial score (nSPS) is 29.1. The molecule has 1 spiro atoms. The highest BCUT2D eigenvalue weighted by Crippen LogP contribution is 2.54. The van der Waals surface area contributed by atoms with E-state index in [1.165, 1.54) is 0 Å². The van der Waals surface area contributed by atoms with E-state index >= 15 is 0 Å². The third-order valence-electron chi connectivity index (χ3n) is 6.15. The minimum absolute atomic E-state index is 0.169. The van der Waals surface area contributed by atoms with Gasteiger partial charge in [-0.3, -0.25) is 0 Å². The van der Waals surface area contributed by atoms with E-state index in [9.17, 15) is 0 Å². The van der Waals surface area contributed by atoms with Gasteiger partial charge < -0.3 is 13.9 Å². The van der Waals surface area contributed by atoms with Gasteiger partial charge in [-0.2, -0.15) is 5.10 Å². The first-order chi connectivity index (χ1) is 13.2. The molecule has 2 aliphatic heterocycles. The number of fused-ring (bicyclic) bond motifs is 4. The lowest BCUT2D eigenvalue weighted by atomic mass is 9.82. The maximum absolute atomic E-state index is 6.74. The van der Waals surface area contributed by atoms with Crippen molar-refractivity contribution in [1.29, 1.82) is 0 Å². The topological polar surface area (TPSA) is 47.2 Å². The van der Waals surface area contributed by atoms with Crippen molar-refractivity contribution in [2.45, 2.75) is 57.7 Å². The maximum Gasteiger partial charge on any atom is 0.198 e. The summed E-state index contributed by atoms with van der Waals surface area (Å²) in [5.41, 5.74) is 1.78. The Hall–Kier alpha value is -2.43. The fourth-order valence-electron chi connectivity index (χ4n) is 4.67. The number of hydrogen-bond acceptors (Lipinski definition) is 5. The van der Waals surface area contributed by atoms with Crippen LogP contribution in [0, 0.1) is 5.92 Å². The van der Waals surface area contributed by atoms with Gasteiger partial charge in [-0.25, -0.2) is 5.01 Å². The molecular weight excluding hydrogens is 340 g/mol. The van der Waals surface area contributed by atoms with Crippen molar-refractivity contribution in [3.63, 3.8) is 0 Å². The van der Waals surface area contributed by atoms with E-state index < -0.39 is 0 Å². The molecule has 5 rings (SSSR count). The first-order valence-electron chi connectivity index (χ1n) is 10.1. The predicted octanol–water partition coefficient (Wildman–Crippen LogP) is 5.13. The summed E-state index contributed by atoms with van der Waals surface area (Å²) in [5.74, 6) is 3.34. The Balaban J connectivity index is 1.60. The lowest BCUT2D eigenvalue weighted by Gasteiger charge is -2.50. The lowest BCUT2D eigenvalue weighted by Crippen LogP contribution is -2.55. The molecule has 5 heteroatoms. The van der Waals surface area contributed by atoms with Gasteiger partial charge in [-0.15, -0.1) is 0 Å². The summed E-state index contributed by atoms with van der Waals surface area (Å²) in [6.07, 6.45) is 6.82. The molecule has 1 aromatic heterocycles. The number of rotatable bonds is 3. The second kappa shape index (κ2) is 6.32. The van der Waals surface area contributed by atoms with Crippen LogP contribution >= 0.6 is 0 Å². The molecule has 1 aliphatic carbocycles. The van der Waals surface area contributed by atoms with E-state index in [0.717, 1.165) is 66.6 Å². The van der Waals surface area contributed by atoms with Crippen molar-refractivity contribution >= 4 is 5.71 Å². The van der Waals surface area contributed by atoms with Gasteiger partial charge in [-0.05, 0) is 43.9 Å². The van der Waals surface area contributed by atoms with E-state index in [1.807, 2.05) is 25.1 Å². The molecule has 142 valence electrons. The highest BCUT2D eigenvalue weighted by molar-refractivity contribution is 5.99. The summed E-state index contributed by atoms with van der Waals surface area (Å²) in [7, 11) is 0. The molecule has 1 unspecified atom stereocenters. The van der Waals surface area contributed by atoms with Gasteiger partial charge in [0.15, 0.2) is 17.2 Å². The van der Waals surface area contributed by atoms with Gasteiger partial charge in [0.2, 0.25) is 0 Å².